The van der Waals surface area contributed by atoms with Crippen molar-refractivity contribution in [1.29, 1.82) is 0 Å². The molecule has 8 heteroatoms. The van der Waals surface area contributed by atoms with Crippen LogP contribution in [0.1, 0.15) is 17.8 Å². The molecule has 118 valence electrons. The topological polar surface area (TPSA) is 101 Å². The van der Waals surface area contributed by atoms with Crippen LogP contribution in [0, 0.1) is 6.92 Å². The van der Waals surface area contributed by atoms with E-state index in [9.17, 15) is 4.79 Å². The summed E-state index contributed by atoms with van der Waals surface area (Å²) in [6.45, 7) is 1.83. The summed E-state index contributed by atoms with van der Waals surface area (Å²) in [5.41, 5.74) is 1.83. The molecular formula is C15H17N7O. The van der Waals surface area contributed by atoms with E-state index in [0.29, 0.717) is 24.5 Å². The van der Waals surface area contributed by atoms with E-state index in [2.05, 4.69) is 30.6 Å². The highest BCUT2D eigenvalue weighted by Gasteiger charge is 2.08. The quantitative estimate of drug-likeness (QED) is 0.743. The van der Waals surface area contributed by atoms with Gasteiger partial charge in [0.15, 0.2) is 5.82 Å². The third-order valence-corrected chi connectivity index (χ3v) is 3.28. The van der Waals surface area contributed by atoms with Gasteiger partial charge in [0.1, 0.15) is 11.6 Å². The number of amides is 1. The first-order valence-corrected chi connectivity index (χ1v) is 7.23. The predicted octanol–water partition coefficient (Wildman–Crippen LogP) is 1.48. The number of nitrogens with one attached hydrogen (secondary N) is 2. The zero-order valence-electron chi connectivity index (χ0n) is 12.9. The number of nitrogens with zero attached hydrogens (tertiary/aromatic N) is 5. The van der Waals surface area contributed by atoms with E-state index in [1.165, 1.54) is 0 Å². The minimum atomic E-state index is -0.0929. The number of aromatic amines is 1. The van der Waals surface area contributed by atoms with Gasteiger partial charge >= 0.3 is 0 Å². The second-order valence-electron chi connectivity index (χ2n) is 5.24. The Morgan fingerprint density at radius 3 is 3.00 bits per heavy atom. The predicted molar refractivity (Wildman–Crippen MR) is 84.5 cm³/mol. The van der Waals surface area contributed by atoms with E-state index in [4.69, 9.17) is 0 Å². The molecule has 0 saturated carbocycles. The molecule has 3 aromatic rings. The summed E-state index contributed by atoms with van der Waals surface area (Å²) in [7, 11) is 1.85. The Morgan fingerprint density at radius 1 is 1.43 bits per heavy atom. The Kier molecular flexibility index (Phi) is 4.13. The molecule has 3 rings (SSSR count). The standard InChI is InChI=1S/C15H17N7O/c1-10-18-15(21-20-10)12-5-6-16-13(7-12)19-14(23)4-3-11-8-17-22(2)9-11/h5-9H,3-4H2,1-2H3,(H,16,19,23)(H,18,20,21). The van der Waals surface area contributed by atoms with Gasteiger partial charge in [-0.2, -0.15) is 10.2 Å². The van der Waals surface area contributed by atoms with Crippen molar-refractivity contribution in [2.45, 2.75) is 19.8 Å². The fourth-order valence-electron chi connectivity index (χ4n) is 2.17. The molecule has 2 N–H and O–H groups in total. The van der Waals surface area contributed by atoms with Crippen molar-refractivity contribution in [3.8, 4) is 11.4 Å². The molecular weight excluding hydrogens is 294 g/mol. The molecule has 0 aliphatic heterocycles. The number of H-pyrrole nitrogens is 1. The SMILES string of the molecule is Cc1nc(-c2ccnc(NC(=O)CCc3cnn(C)c3)c2)n[nH]1. The third kappa shape index (κ3) is 3.79. The number of pyridine rings is 1. The summed E-state index contributed by atoms with van der Waals surface area (Å²) < 4.78 is 1.72. The molecule has 1 amide bonds. The molecule has 3 heterocycles. The number of aromatic nitrogens is 6. The van der Waals surface area contributed by atoms with Crippen LogP contribution in [0.2, 0.25) is 0 Å². The molecule has 0 fully saturated rings. The van der Waals surface area contributed by atoms with Crippen LogP contribution in [0.15, 0.2) is 30.7 Å². The van der Waals surface area contributed by atoms with Crippen molar-refractivity contribution in [3.63, 3.8) is 0 Å². The zero-order chi connectivity index (χ0) is 16.2. The minimum absolute atomic E-state index is 0.0929. The van der Waals surface area contributed by atoms with Gasteiger partial charge in [-0.25, -0.2) is 9.97 Å². The number of aryl methyl sites for hydroxylation is 3. The molecule has 0 unspecified atom stereocenters. The van der Waals surface area contributed by atoms with Gasteiger partial charge in [-0.05, 0) is 31.0 Å². The number of anilines is 1. The maximum atomic E-state index is 12.0. The molecule has 3 aromatic heterocycles. The van der Waals surface area contributed by atoms with Crippen LogP contribution in [-0.4, -0.2) is 35.9 Å². The van der Waals surface area contributed by atoms with Crippen LogP contribution < -0.4 is 5.32 Å². The summed E-state index contributed by atoms with van der Waals surface area (Å²) in [5, 5.41) is 13.8. The molecule has 0 atom stereocenters. The van der Waals surface area contributed by atoms with Crippen molar-refractivity contribution in [3.05, 3.63) is 42.1 Å². The Bertz CT molecular complexity index is 821. The molecule has 23 heavy (non-hydrogen) atoms. The molecule has 0 spiro atoms. The monoisotopic (exact) mass is 311 g/mol. The largest absolute Gasteiger partial charge is 0.311 e. The Hall–Kier alpha value is -3.03. The van der Waals surface area contributed by atoms with E-state index in [-0.39, 0.29) is 5.91 Å². The van der Waals surface area contributed by atoms with Gasteiger partial charge in [0.2, 0.25) is 5.91 Å². The van der Waals surface area contributed by atoms with Gasteiger partial charge < -0.3 is 5.32 Å². The van der Waals surface area contributed by atoms with Gasteiger partial charge in [-0.1, -0.05) is 0 Å². The number of carbonyl (C=O) groups excluding carboxylic acids is 1. The Morgan fingerprint density at radius 2 is 2.30 bits per heavy atom. The van der Waals surface area contributed by atoms with Crippen molar-refractivity contribution in [2.75, 3.05) is 5.32 Å². The van der Waals surface area contributed by atoms with Gasteiger partial charge in [0.05, 0.1) is 6.20 Å². The van der Waals surface area contributed by atoms with E-state index >= 15 is 0 Å². The highest BCUT2D eigenvalue weighted by Crippen LogP contribution is 2.17. The number of carbonyl (C=O) groups is 1. The first kappa shape index (κ1) is 14.9. The zero-order valence-corrected chi connectivity index (χ0v) is 12.9. The van der Waals surface area contributed by atoms with E-state index in [1.807, 2.05) is 20.2 Å². The Labute approximate surface area is 133 Å². The average molecular weight is 311 g/mol. The van der Waals surface area contributed by atoms with Gasteiger partial charge in [0, 0.05) is 31.4 Å². The number of hydrogen-bond acceptors (Lipinski definition) is 5. The lowest BCUT2D eigenvalue weighted by Crippen LogP contribution is -2.13. The highest BCUT2D eigenvalue weighted by molar-refractivity contribution is 5.90. The van der Waals surface area contributed by atoms with Gasteiger partial charge in [-0.3, -0.25) is 14.6 Å². The van der Waals surface area contributed by atoms with Crippen LogP contribution in [0.4, 0.5) is 5.82 Å². The minimum Gasteiger partial charge on any atom is -0.311 e. The molecule has 0 saturated heterocycles. The Balaban J connectivity index is 1.62. The van der Waals surface area contributed by atoms with E-state index in [0.717, 1.165) is 17.0 Å². The van der Waals surface area contributed by atoms with Gasteiger partial charge in [-0.15, -0.1) is 0 Å². The molecule has 0 bridgehead atoms. The molecule has 0 aliphatic rings. The summed E-state index contributed by atoms with van der Waals surface area (Å²) >= 11 is 0. The third-order valence-electron chi connectivity index (χ3n) is 3.28. The first-order valence-electron chi connectivity index (χ1n) is 7.23. The summed E-state index contributed by atoms with van der Waals surface area (Å²) in [6, 6.07) is 3.55. The lowest BCUT2D eigenvalue weighted by atomic mass is 10.2. The molecule has 8 nitrogen and oxygen atoms in total. The maximum Gasteiger partial charge on any atom is 0.225 e. The van der Waals surface area contributed by atoms with Crippen LogP contribution in [0.5, 0.6) is 0 Å². The highest BCUT2D eigenvalue weighted by atomic mass is 16.1. The smallest absolute Gasteiger partial charge is 0.225 e. The number of rotatable bonds is 5. The summed E-state index contributed by atoms with van der Waals surface area (Å²) in [4.78, 5) is 20.4. The van der Waals surface area contributed by atoms with Gasteiger partial charge in [0.25, 0.3) is 0 Å². The van der Waals surface area contributed by atoms with Crippen LogP contribution in [-0.2, 0) is 18.3 Å². The average Bonchev–Trinajstić information content (AvgIpc) is 3.14. The summed E-state index contributed by atoms with van der Waals surface area (Å²) in [5.74, 6) is 1.71. The van der Waals surface area contributed by atoms with Crippen molar-refractivity contribution in [1.82, 2.24) is 29.9 Å². The second kappa shape index (κ2) is 6.39. The van der Waals surface area contributed by atoms with E-state index in [1.54, 1.807) is 29.2 Å². The van der Waals surface area contributed by atoms with Crippen molar-refractivity contribution >= 4 is 11.7 Å². The normalized spacial score (nSPS) is 10.7. The van der Waals surface area contributed by atoms with E-state index < -0.39 is 0 Å². The van der Waals surface area contributed by atoms with Crippen LogP contribution in [0.3, 0.4) is 0 Å². The lowest BCUT2D eigenvalue weighted by molar-refractivity contribution is -0.116. The molecule has 0 aromatic carbocycles. The van der Waals surface area contributed by atoms with Crippen LogP contribution >= 0.6 is 0 Å². The molecule has 0 radical (unpaired) electrons. The number of hydrogen-bond donors (Lipinski definition) is 2. The fraction of sp³-hybridized carbons (Fsp3) is 0.267. The first-order chi connectivity index (χ1) is 11.1. The second-order valence-corrected chi connectivity index (χ2v) is 5.24. The van der Waals surface area contributed by atoms with Crippen molar-refractivity contribution < 1.29 is 4.79 Å². The maximum absolute atomic E-state index is 12.0. The fourth-order valence-corrected chi connectivity index (χ4v) is 2.17. The van der Waals surface area contributed by atoms with Crippen molar-refractivity contribution in [2.24, 2.45) is 7.05 Å². The molecule has 0 aliphatic carbocycles. The summed E-state index contributed by atoms with van der Waals surface area (Å²) in [6.07, 6.45) is 6.30. The lowest BCUT2D eigenvalue weighted by Gasteiger charge is -2.04. The van der Waals surface area contributed by atoms with Crippen LogP contribution in [0.25, 0.3) is 11.4 Å².